The maximum atomic E-state index is 15.3. The van der Waals surface area contributed by atoms with Crippen molar-refractivity contribution < 1.29 is 27.2 Å². The van der Waals surface area contributed by atoms with Crippen LogP contribution in [0.15, 0.2) is 4.52 Å². The number of hydrogen-bond acceptors (Lipinski definition) is 6. The molecule has 7 nitrogen and oxygen atoms in total. The molecule has 1 unspecified atom stereocenters. The van der Waals surface area contributed by atoms with Gasteiger partial charge in [-0.3, -0.25) is 4.79 Å². The SMILES string of the molecule is CC(C)N1C[C@H]2CC[C@@H](C1)C2O[C@H]1CCCC(F)(F)[C@@H]1CC(=O)N1CCC(C)(c2noc([C@@H]3C[C@@H]3F)n2)CC1. The first kappa shape index (κ1) is 27.5. The van der Waals surface area contributed by atoms with Crippen molar-refractivity contribution in [2.24, 2.45) is 17.8 Å². The minimum atomic E-state index is -2.90. The van der Waals surface area contributed by atoms with Crippen LogP contribution in [0, 0.1) is 17.8 Å². The molecule has 1 aromatic heterocycles. The third-order valence-corrected chi connectivity index (χ3v) is 10.5. The number of carbonyl (C=O) groups excluding carboxylic acids is 1. The summed E-state index contributed by atoms with van der Waals surface area (Å²) in [5.41, 5.74) is -0.385. The largest absolute Gasteiger partial charge is 0.374 e. The summed E-state index contributed by atoms with van der Waals surface area (Å²) in [4.78, 5) is 22.0. The fourth-order valence-electron chi connectivity index (χ4n) is 7.54. The highest BCUT2D eigenvalue weighted by atomic mass is 19.3. The first-order chi connectivity index (χ1) is 18.5. The van der Waals surface area contributed by atoms with Crippen LogP contribution in [0.3, 0.4) is 0 Å². The molecule has 5 fully saturated rings. The van der Waals surface area contributed by atoms with Crippen molar-refractivity contribution in [3.05, 3.63) is 11.7 Å². The van der Waals surface area contributed by atoms with Crippen LogP contribution in [0.1, 0.15) is 96.2 Å². The van der Waals surface area contributed by atoms with Crippen molar-refractivity contribution >= 4 is 5.91 Å². The van der Waals surface area contributed by atoms with E-state index in [9.17, 15) is 9.18 Å². The smallest absolute Gasteiger partial charge is 0.253 e. The lowest BCUT2D eigenvalue weighted by atomic mass is 9.78. The number of ether oxygens (including phenoxy) is 1. The predicted octanol–water partition coefficient (Wildman–Crippen LogP) is 5.10. The Bertz CT molecular complexity index is 1030. The molecule has 0 spiro atoms. The Morgan fingerprint density at radius 1 is 1.13 bits per heavy atom. The number of piperidine rings is 2. The summed E-state index contributed by atoms with van der Waals surface area (Å²) in [5.74, 6) is -2.82. The maximum Gasteiger partial charge on any atom is 0.253 e. The van der Waals surface area contributed by atoms with Gasteiger partial charge >= 0.3 is 0 Å². The van der Waals surface area contributed by atoms with Crippen molar-refractivity contribution in [2.75, 3.05) is 26.2 Å². The number of rotatable bonds is 7. The summed E-state index contributed by atoms with van der Waals surface area (Å²) in [7, 11) is 0. The van der Waals surface area contributed by atoms with Crippen LogP contribution in [0.2, 0.25) is 0 Å². The number of hydrogen-bond donors (Lipinski definition) is 0. The lowest BCUT2D eigenvalue weighted by molar-refractivity contribution is -0.188. The van der Waals surface area contributed by atoms with Gasteiger partial charge in [0, 0.05) is 50.5 Å². The molecular formula is C29H43F3N4O3. The minimum absolute atomic E-state index is 0.0235. The van der Waals surface area contributed by atoms with Crippen LogP contribution < -0.4 is 0 Å². The molecule has 10 heteroatoms. The normalized spacial score (nSPS) is 37.8. The van der Waals surface area contributed by atoms with E-state index in [0.29, 0.717) is 74.8 Å². The van der Waals surface area contributed by atoms with Gasteiger partial charge < -0.3 is 19.1 Å². The fraction of sp³-hybridized carbons (Fsp3) is 0.897. The molecule has 3 heterocycles. The molecule has 7 atom stereocenters. The van der Waals surface area contributed by atoms with E-state index in [4.69, 9.17) is 9.26 Å². The van der Waals surface area contributed by atoms with Gasteiger partial charge in [0.15, 0.2) is 5.82 Å². The Kier molecular flexibility index (Phi) is 7.26. The highest BCUT2D eigenvalue weighted by Gasteiger charge is 2.52. The molecule has 0 aromatic carbocycles. The lowest BCUT2D eigenvalue weighted by Crippen LogP contribution is -2.53. The first-order valence-electron chi connectivity index (χ1n) is 15.1. The van der Waals surface area contributed by atoms with Crippen LogP contribution >= 0.6 is 0 Å². The zero-order chi connectivity index (χ0) is 27.5. The number of carbonyl (C=O) groups is 1. The topological polar surface area (TPSA) is 71.7 Å². The molecule has 39 heavy (non-hydrogen) atoms. The Morgan fingerprint density at radius 2 is 1.79 bits per heavy atom. The minimum Gasteiger partial charge on any atom is -0.374 e. The molecule has 2 saturated heterocycles. The Hall–Kier alpha value is -1.68. The first-order valence-corrected chi connectivity index (χ1v) is 15.1. The standard InChI is InChI=1S/C29H43F3N4O3/c1-17(2)36-15-18-6-7-19(16-36)25(18)38-23-5-4-8-29(31,32)21(23)14-24(37)35-11-9-28(3,10-12-35)27-33-26(39-34-27)20-13-22(20)30/h17-23,25H,4-16H2,1-3H3/t18-,19+,20-,21-,22+,23+,25?/m1/s1. The quantitative estimate of drug-likeness (QED) is 0.469. The highest BCUT2D eigenvalue weighted by Crippen LogP contribution is 2.47. The number of alkyl halides is 3. The summed E-state index contributed by atoms with van der Waals surface area (Å²) in [5, 5.41) is 4.11. The van der Waals surface area contributed by atoms with E-state index in [1.54, 1.807) is 4.90 Å². The van der Waals surface area contributed by atoms with Crippen molar-refractivity contribution in [2.45, 2.75) is 120 Å². The second-order valence-corrected chi connectivity index (χ2v) is 13.5. The van der Waals surface area contributed by atoms with Crippen LogP contribution in [0.25, 0.3) is 0 Å². The molecule has 0 N–H and O–H groups in total. The average Bonchev–Trinajstić information content (AvgIpc) is 3.31. The fourth-order valence-corrected chi connectivity index (χ4v) is 7.54. The number of likely N-dealkylation sites (tertiary alicyclic amines) is 2. The van der Waals surface area contributed by atoms with Crippen molar-refractivity contribution in [1.82, 2.24) is 19.9 Å². The Labute approximate surface area is 229 Å². The van der Waals surface area contributed by atoms with Gasteiger partial charge in [0.1, 0.15) is 6.17 Å². The third-order valence-electron chi connectivity index (χ3n) is 10.5. The molecule has 3 saturated carbocycles. The molecule has 1 aromatic rings. The predicted molar refractivity (Wildman–Crippen MR) is 138 cm³/mol. The molecule has 2 aliphatic heterocycles. The zero-order valence-corrected chi connectivity index (χ0v) is 23.5. The van der Waals surface area contributed by atoms with Gasteiger partial charge in [0.25, 0.3) is 5.92 Å². The van der Waals surface area contributed by atoms with E-state index < -0.39 is 24.1 Å². The summed E-state index contributed by atoms with van der Waals surface area (Å²) in [6.45, 7) is 9.29. The summed E-state index contributed by atoms with van der Waals surface area (Å²) in [6, 6.07) is 0.479. The summed E-state index contributed by atoms with van der Waals surface area (Å²) in [6.07, 6.45) is 3.04. The van der Waals surface area contributed by atoms with E-state index in [1.807, 2.05) is 6.92 Å². The van der Waals surface area contributed by atoms with Crippen molar-refractivity contribution in [3.63, 3.8) is 0 Å². The van der Waals surface area contributed by atoms with E-state index in [0.717, 1.165) is 25.9 Å². The molecule has 3 aliphatic carbocycles. The van der Waals surface area contributed by atoms with Crippen LogP contribution in [-0.2, 0) is 14.9 Å². The monoisotopic (exact) mass is 552 g/mol. The van der Waals surface area contributed by atoms with E-state index in [2.05, 4.69) is 28.9 Å². The molecule has 5 aliphatic rings. The van der Waals surface area contributed by atoms with Gasteiger partial charge in [-0.2, -0.15) is 4.98 Å². The van der Waals surface area contributed by atoms with Gasteiger partial charge in [-0.25, -0.2) is 13.2 Å². The van der Waals surface area contributed by atoms with Crippen molar-refractivity contribution in [1.29, 1.82) is 0 Å². The number of aromatic nitrogens is 2. The molecule has 0 radical (unpaired) electrons. The van der Waals surface area contributed by atoms with E-state index in [1.165, 1.54) is 0 Å². The number of amides is 1. The summed E-state index contributed by atoms with van der Waals surface area (Å²) < 4.78 is 55.9. The van der Waals surface area contributed by atoms with Crippen LogP contribution in [0.4, 0.5) is 13.2 Å². The number of fused-ring (bicyclic) bond motifs is 2. The summed E-state index contributed by atoms with van der Waals surface area (Å²) >= 11 is 0. The Morgan fingerprint density at radius 3 is 2.41 bits per heavy atom. The number of nitrogens with zero attached hydrogens (tertiary/aromatic N) is 4. The number of halogens is 3. The lowest BCUT2D eigenvalue weighted by Gasteiger charge is -2.45. The second kappa shape index (κ2) is 10.3. The maximum absolute atomic E-state index is 15.3. The van der Waals surface area contributed by atoms with Gasteiger partial charge in [-0.15, -0.1) is 0 Å². The van der Waals surface area contributed by atoms with Gasteiger partial charge in [-0.05, 0) is 70.6 Å². The molecule has 6 rings (SSSR count). The van der Waals surface area contributed by atoms with E-state index >= 15 is 8.78 Å². The van der Waals surface area contributed by atoms with Gasteiger partial charge in [0.2, 0.25) is 11.8 Å². The molecular weight excluding hydrogens is 509 g/mol. The molecule has 2 bridgehead atoms. The Balaban J connectivity index is 1.08. The van der Waals surface area contributed by atoms with Crippen molar-refractivity contribution in [3.8, 4) is 0 Å². The second-order valence-electron chi connectivity index (χ2n) is 13.5. The zero-order valence-electron chi connectivity index (χ0n) is 23.5. The molecule has 1 amide bonds. The van der Waals surface area contributed by atoms with E-state index in [-0.39, 0.29) is 36.2 Å². The van der Waals surface area contributed by atoms with Gasteiger partial charge in [0.05, 0.1) is 24.0 Å². The average molecular weight is 553 g/mol. The third kappa shape index (κ3) is 5.36. The van der Waals surface area contributed by atoms with Crippen LogP contribution in [0.5, 0.6) is 0 Å². The highest BCUT2D eigenvalue weighted by molar-refractivity contribution is 5.76. The van der Waals surface area contributed by atoms with Gasteiger partial charge in [-0.1, -0.05) is 12.1 Å². The molecule has 218 valence electrons. The van der Waals surface area contributed by atoms with Crippen LogP contribution in [-0.4, -0.2) is 82.4 Å².